The van der Waals surface area contributed by atoms with Gasteiger partial charge in [0, 0.05) is 16.5 Å². The van der Waals surface area contributed by atoms with Gasteiger partial charge in [-0.25, -0.2) is 0 Å². The minimum Gasteiger partial charge on any atom is -0.309 e. The SMILES string of the molecule is O=c1nc2sc3cc(-c4ccc5c(c4)c4ccccc4n5-c4ccccc4)ccc3n2c2ccccc12. The third kappa shape index (κ3) is 2.95. The molecule has 0 bridgehead atoms. The van der Waals surface area contributed by atoms with Crippen molar-refractivity contribution < 1.29 is 0 Å². The molecular formula is C32H19N3OS. The fraction of sp³-hybridized carbons (Fsp3) is 0. The summed E-state index contributed by atoms with van der Waals surface area (Å²) in [5.74, 6) is 0. The van der Waals surface area contributed by atoms with E-state index in [1.165, 1.54) is 21.8 Å². The lowest BCUT2D eigenvalue weighted by molar-refractivity contribution is 1.18. The first-order valence-corrected chi connectivity index (χ1v) is 13.0. The zero-order valence-electron chi connectivity index (χ0n) is 19.6. The second kappa shape index (κ2) is 7.63. The molecule has 5 aromatic carbocycles. The summed E-state index contributed by atoms with van der Waals surface area (Å²) >= 11 is 1.55. The average Bonchev–Trinajstić information content (AvgIpc) is 3.48. The largest absolute Gasteiger partial charge is 0.309 e. The van der Waals surface area contributed by atoms with Crippen molar-refractivity contribution in [3.8, 4) is 16.8 Å². The second-order valence-corrected chi connectivity index (χ2v) is 10.3. The molecule has 0 aliphatic carbocycles. The highest BCUT2D eigenvalue weighted by Gasteiger charge is 2.15. The van der Waals surface area contributed by atoms with E-state index in [0.29, 0.717) is 5.39 Å². The Balaban J connectivity index is 1.36. The van der Waals surface area contributed by atoms with Gasteiger partial charge in [-0.2, -0.15) is 4.98 Å². The van der Waals surface area contributed by atoms with E-state index >= 15 is 0 Å². The smallest absolute Gasteiger partial charge is 0.281 e. The Hall–Kier alpha value is -4.74. The van der Waals surface area contributed by atoms with Crippen LogP contribution in [-0.2, 0) is 0 Å². The number of para-hydroxylation sites is 3. The van der Waals surface area contributed by atoms with Crippen LogP contribution in [0.5, 0.6) is 0 Å². The average molecular weight is 494 g/mol. The molecule has 3 aromatic heterocycles. The molecule has 4 nitrogen and oxygen atoms in total. The van der Waals surface area contributed by atoms with Gasteiger partial charge in [0.05, 0.1) is 32.2 Å². The molecule has 0 amide bonds. The molecule has 0 radical (unpaired) electrons. The monoisotopic (exact) mass is 493 g/mol. The van der Waals surface area contributed by atoms with Gasteiger partial charge in [0.1, 0.15) is 0 Å². The summed E-state index contributed by atoms with van der Waals surface area (Å²) in [6.45, 7) is 0. The van der Waals surface area contributed by atoms with Gasteiger partial charge in [-0.05, 0) is 65.7 Å². The van der Waals surface area contributed by atoms with Crippen LogP contribution in [-0.4, -0.2) is 14.0 Å². The third-order valence-corrected chi connectivity index (χ3v) is 8.19. The Bertz CT molecular complexity index is 2220. The van der Waals surface area contributed by atoms with Gasteiger partial charge in [-0.15, -0.1) is 0 Å². The van der Waals surface area contributed by atoms with Crippen LogP contribution in [0.4, 0.5) is 0 Å². The molecule has 0 atom stereocenters. The lowest BCUT2D eigenvalue weighted by atomic mass is 10.0. The number of nitrogens with zero attached hydrogens (tertiary/aromatic N) is 3. The molecule has 0 spiro atoms. The van der Waals surface area contributed by atoms with Gasteiger partial charge in [0.25, 0.3) is 5.56 Å². The van der Waals surface area contributed by atoms with Crippen molar-refractivity contribution in [3.63, 3.8) is 0 Å². The van der Waals surface area contributed by atoms with E-state index in [0.717, 1.165) is 37.5 Å². The normalized spacial score (nSPS) is 11.9. The lowest BCUT2D eigenvalue weighted by Gasteiger charge is -2.08. The molecular weight excluding hydrogens is 474 g/mol. The number of aromatic nitrogens is 3. The van der Waals surface area contributed by atoms with Crippen LogP contribution in [0, 0.1) is 0 Å². The predicted molar refractivity (Wildman–Crippen MR) is 154 cm³/mol. The van der Waals surface area contributed by atoms with E-state index in [-0.39, 0.29) is 5.56 Å². The molecule has 0 aliphatic rings. The van der Waals surface area contributed by atoms with Crippen molar-refractivity contribution in [2.45, 2.75) is 0 Å². The summed E-state index contributed by atoms with van der Waals surface area (Å²) < 4.78 is 5.53. The number of hydrogen-bond donors (Lipinski definition) is 0. The second-order valence-electron chi connectivity index (χ2n) is 9.26. The van der Waals surface area contributed by atoms with Crippen molar-refractivity contribution in [3.05, 3.63) is 126 Å². The summed E-state index contributed by atoms with van der Waals surface area (Å²) in [4.78, 5) is 17.7. The van der Waals surface area contributed by atoms with Crippen LogP contribution >= 0.6 is 11.3 Å². The van der Waals surface area contributed by atoms with E-state index in [2.05, 4.69) is 98.9 Å². The van der Waals surface area contributed by atoms with Crippen LogP contribution in [0.1, 0.15) is 0 Å². The fourth-order valence-electron chi connectivity index (χ4n) is 5.52. The minimum absolute atomic E-state index is 0.178. The van der Waals surface area contributed by atoms with Crippen molar-refractivity contribution in [1.82, 2.24) is 14.0 Å². The standard InChI is InChI=1S/C32H19N3OS/c36-31-24-11-5-7-13-27(24)35-29-17-15-21(19-30(29)37-32(35)33-31)20-14-16-28-25(18-20)23-10-4-6-12-26(23)34(28)22-8-2-1-3-9-22/h1-19H. The highest BCUT2D eigenvalue weighted by atomic mass is 32.1. The van der Waals surface area contributed by atoms with Gasteiger partial charge in [0.15, 0.2) is 4.96 Å². The van der Waals surface area contributed by atoms with E-state index in [9.17, 15) is 4.79 Å². The Kier molecular flexibility index (Phi) is 4.22. The van der Waals surface area contributed by atoms with Crippen molar-refractivity contribution >= 4 is 59.2 Å². The van der Waals surface area contributed by atoms with Crippen LogP contribution in [0.15, 0.2) is 120 Å². The van der Waals surface area contributed by atoms with E-state index in [1.54, 1.807) is 11.3 Å². The summed E-state index contributed by atoms with van der Waals surface area (Å²) in [6.07, 6.45) is 0. The van der Waals surface area contributed by atoms with Gasteiger partial charge < -0.3 is 4.57 Å². The Morgan fingerprint density at radius 1 is 0.568 bits per heavy atom. The molecule has 0 aliphatic heterocycles. The van der Waals surface area contributed by atoms with Gasteiger partial charge in [0.2, 0.25) is 0 Å². The molecule has 174 valence electrons. The summed E-state index contributed by atoms with van der Waals surface area (Å²) in [6, 6.07) is 40.0. The highest BCUT2D eigenvalue weighted by Crippen LogP contribution is 2.36. The fourth-order valence-corrected chi connectivity index (χ4v) is 6.58. The van der Waals surface area contributed by atoms with Crippen LogP contribution < -0.4 is 5.56 Å². The van der Waals surface area contributed by atoms with E-state index < -0.39 is 0 Å². The van der Waals surface area contributed by atoms with Crippen molar-refractivity contribution in [2.75, 3.05) is 0 Å². The molecule has 0 unspecified atom stereocenters. The topological polar surface area (TPSA) is 39.3 Å². The third-order valence-electron chi connectivity index (χ3n) is 7.19. The molecule has 0 N–H and O–H groups in total. The summed E-state index contributed by atoms with van der Waals surface area (Å²) in [5, 5.41) is 3.11. The Morgan fingerprint density at radius 3 is 2.05 bits per heavy atom. The summed E-state index contributed by atoms with van der Waals surface area (Å²) in [5.41, 5.74) is 7.63. The molecule has 5 heteroatoms. The molecule has 3 heterocycles. The first kappa shape index (κ1) is 20.5. The van der Waals surface area contributed by atoms with Gasteiger partial charge in [-0.1, -0.05) is 72.0 Å². The van der Waals surface area contributed by atoms with Crippen LogP contribution in [0.3, 0.4) is 0 Å². The Labute approximate surface area is 215 Å². The maximum atomic E-state index is 12.6. The van der Waals surface area contributed by atoms with Gasteiger partial charge >= 0.3 is 0 Å². The van der Waals surface area contributed by atoms with E-state index in [1.807, 2.05) is 30.3 Å². The highest BCUT2D eigenvalue weighted by molar-refractivity contribution is 7.23. The number of thiazole rings is 1. The van der Waals surface area contributed by atoms with Crippen LogP contribution in [0.2, 0.25) is 0 Å². The molecule has 8 aromatic rings. The number of fused-ring (bicyclic) bond motifs is 8. The zero-order chi connectivity index (χ0) is 24.5. The molecule has 37 heavy (non-hydrogen) atoms. The minimum atomic E-state index is -0.178. The summed E-state index contributed by atoms with van der Waals surface area (Å²) in [7, 11) is 0. The Morgan fingerprint density at radius 2 is 1.22 bits per heavy atom. The number of benzene rings is 5. The number of rotatable bonds is 2. The maximum Gasteiger partial charge on any atom is 0.281 e. The quantitative estimate of drug-likeness (QED) is 0.246. The van der Waals surface area contributed by atoms with Gasteiger partial charge in [-0.3, -0.25) is 9.20 Å². The zero-order valence-corrected chi connectivity index (χ0v) is 20.4. The lowest BCUT2D eigenvalue weighted by Crippen LogP contribution is -2.08. The first-order valence-electron chi connectivity index (χ1n) is 12.2. The number of hydrogen-bond acceptors (Lipinski definition) is 3. The predicted octanol–water partition coefficient (Wildman–Crippen LogP) is 7.83. The maximum absolute atomic E-state index is 12.6. The van der Waals surface area contributed by atoms with Crippen molar-refractivity contribution in [2.24, 2.45) is 0 Å². The molecule has 0 saturated carbocycles. The molecule has 8 rings (SSSR count). The van der Waals surface area contributed by atoms with Crippen LogP contribution in [0.25, 0.3) is 64.7 Å². The van der Waals surface area contributed by atoms with E-state index in [4.69, 9.17) is 0 Å². The first-order chi connectivity index (χ1) is 18.3. The van der Waals surface area contributed by atoms with Crippen molar-refractivity contribution in [1.29, 1.82) is 0 Å². The molecule has 0 fully saturated rings. The molecule has 0 saturated heterocycles.